The third-order valence-corrected chi connectivity index (χ3v) is 9.54. The summed E-state index contributed by atoms with van der Waals surface area (Å²) in [7, 11) is -0.626. The van der Waals surface area contributed by atoms with Crippen molar-refractivity contribution in [2.24, 2.45) is 0 Å². The Morgan fingerprint density at radius 3 is 1.91 bits per heavy atom. The van der Waals surface area contributed by atoms with Crippen LogP contribution in [0.4, 0.5) is 5.69 Å². The Kier molecular flexibility index (Phi) is 6.87. The molecule has 4 aromatic carbocycles. The second-order valence-corrected chi connectivity index (χ2v) is 11.2. The summed E-state index contributed by atoms with van der Waals surface area (Å²) in [4.78, 5) is 24.9. The number of hydrogen-bond acceptors (Lipinski definition) is 4. The van der Waals surface area contributed by atoms with Gasteiger partial charge in [-0.25, -0.2) is 0 Å². The molecule has 1 aliphatic carbocycles. The zero-order chi connectivity index (χ0) is 23.3. The second-order valence-electron chi connectivity index (χ2n) is 8.78. The lowest BCUT2D eigenvalue weighted by molar-refractivity contribution is 0.300. The summed E-state index contributed by atoms with van der Waals surface area (Å²) in [6, 6.07) is 31.2. The Bertz CT molecular complexity index is 1240. The summed E-state index contributed by atoms with van der Waals surface area (Å²) >= 11 is 0. The van der Waals surface area contributed by atoms with E-state index in [2.05, 4.69) is 66.0 Å². The lowest BCUT2D eigenvalue weighted by Gasteiger charge is -2.39. The van der Waals surface area contributed by atoms with E-state index in [9.17, 15) is 9.59 Å². The highest BCUT2D eigenvalue weighted by atomic mass is 31.1. The molecule has 4 aromatic rings. The van der Waals surface area contributed by atoms with E-state index in [1.807, 2.05) is 30.3 Å². The van der Waals surface area contributed by atoms with Crippen LogP contribution in [0.15, 0.2) is 101 Å². The molecule has 4 nitrogen and oxygen atoms in total. The molecule has 0 heterocycles. The Labute approximate surface area is 201 Å². The number of nitrogens with one attached hydrogen (secondary N) is 1. The quantitative estimate of drug-likeness (QED) is 0.300. The van der Waals surface area contributed by atoms with Gasteiger partial charge in [-0.3, -0.25) is 9.59 Å². The normalized spacial score (nSPS) is 18.1. The molecule has 0 saturated heterocycles. The van der Waals surface area contributed by atoms with E-state index in [0.717, 1.165) is 24.8 Å². The summed E-state index contributed by atoms with van der Waals surface area (Å²) < 4.78 is 5.82. The van der Waals surface area contributed by atoms with Gasteiger partial charge >= 0.3 is 0 Å². The topological polar surface area (TPSA) is 55.4 Å². The maximum absolute atomic E-state index is 12.5. The average molecular weight is 470 g/mol. The number of anilines is 1. The molecule has 34 heavy (non-hydrogen) atoms. The first-order valence-corrected chi connectivity index (χ1v) is 13.3. The number of rotatable bonds is 8. The van der Waals surface area contributed by atoms with E-state index in [4.69, 9.17) is 4.74 Å². The number of hydrogen-bond donors (Lipinski definition) is 1. The van der Waals surface area contributed by atoms with Gasteiger partial charge in [0.1, 0.15) is 12.3 Å². The molecule has 1 N–H and O–H groups in total. The van der Waals surface area contributed by atoms with Crippen LogP contribution in [-0.4, -0.2) is 11.7 Å². The van der Waals surface area contributed by atoms with Crippen LogP contribution in [0.3, 0.4) is 0 Å². The zero-order valence-corrected chi connectivity index (χ0v) is 19.9. The summed E-state index contributed by atoms with van der Waals surface area (Å²) in [5, 5.41) is 6.17. The Morgan fingerprint density at radius 1 is 0.735 bits per heavy atom. The van der Waals surface area contributed by atoms with Crippen LogP contribution in [0.1, 0.15) is 31.2 Å². The van der Waals surface area contributed by atoms with Crippen molar-refractivity contribution < 1.29 is 4.74 Å². The van der Waals surface area contributed by atoms with Gasteiger partial charge in [-0.15, -0.1) is 0 Å². The van der Waals surface area contributed by atoms with Crippen LogP contribution in [0.5, 0.6) is 5.75 Å². The number of ether oxygens (including phenoxy) is 1. The second kappa shape index (κ2) is 10.4. The molecule has 1 fully saturated rings. The minimum absolute atomic E-state index is 0.114. The van der Waals surface area contributed by atoms with Gasteiger partial charge < -0.3 is 10.1 Å². The lowest BCUT2D eigenvalue weighted by Crippen LogP contribution is -2.44. The largest absolute Gasteiger partial charge is 0.482 e. The van der Waals surface area contributed by atoms with Crippen molar-refractivity contribution in [3.8, 4) is 5.75 Å². The SMILES string of the molecule is O=c1c(N[C@@H]2CCCC[C@H]2P(c2ccccc2)c2ccccc2)c(OCc2ccccc2)c1=O. The summed E-state index contributed by atoms with van der Waals surface area (Å²) in [5.41, 5.74) is 0.692. The van der Waals surface area contributed by atoms with Crippen LogP contribution in [0, 0.1) is 0 Å². The highest BCUT2D eigenvalue weighted by Crippen LogP contribution is 2.47. The van der Waals surface area contributed by atoms with Gasteiger partial charge in [-0.05, 0) is 36.9 Å². The van der Waals surface area contributed by atoms with Gasteiger partial charge in [0, 0.05) is 11.7 Å². The first kappa shape index (κ1) is 22.6. The molecule has 0 amide bonds. The third kappa shape index (κ3) is 4.69. The predicted molar refractivity (Wildman–Crippen MR) is 141 cm³/mol. The van der Waals surface area contributed by atoms with Gasteiger partial charge in [0.05, 0.1) is 0 Å². The fraction of sp³-hybridized carbons (Fsp3) is 0.241. The first-order chi connectivity index (χ1) is 16.7. The monoisotopic (exact) mass is 469 g/mol. The molecule has 5 rings (SSSR count). The minimum atomic E-state index is -0.626. The van der Waals surface area contributed by atoms with Crippen LogP contribution in [0.2, 0.25) is 0 Å². The fourth-order valence-electron chi connectivity index (χ4n) is 4.85. The van der Waals surface area contributed by atoms with E-state index in [-0.39, 0.29) is 18.4 Å². The van der Waals surface area contributed by atoms with Crippen molar-refractivity contribution in [1.29, 1.82) is 0 Å². The van der Waals surface area contributed by atoms with E-state index in [0.29, 0.717) is 11.3 Å². The molecule has 0 bridgehead atoms. The van der Waals surface area contributed by atoms with Crippen molar-refractivity contribution in [2.75, 3.05) is 5.32 Å². The Balaban J connectivity index is 1.42. The van der Waals surface area contributed by atoms with E-state index in [1.54, 1.807) is 0 Å². The van der Waals surface area contributed by atoms with Gasteiger partial charge in [0.2, 0.25) is 0 Å². The van der Waals surface area contributed by atoms with Crippen molar-refractivity contribution in [1.82, 2.24) is 0 Å². The smallest absolute Gasteiger partial charge is 0.272 e. The van der Waals surface area contributed by atoms with Crippen LogP contribution < -0.4 is 31.5 Å². The van der Waals surface area contributed by atoms with Crippen molar-refractivity contribution in [3.63, 3.8) is 0 Å². The van der Waals surface area contributed by atoms with Crippen LogP contribution in [-0.2, 0) is 6.61 Å². The maximum atomic E-state index is 12.5. The van der Waals surface area contributed by atoms with Gasteiger partial charge in [-0.2, -0.15) is 0 Å². The summed E-state index contributed by atoms with van der Waals surface area (Å²) in [5.74, 6) is 0.182. The van der Waals surface area contributed by atoms with Gasteiger partial charge in [0.25, 0.3) is 10.9 Å². The molecule has 1 saturated carbocycles. The first-order valence-electron chi connectivity index (χ1n) is 11.9. The minimum Gasteiger partial charge on any atom is -0.482 e. The number of benzene rings is 3. The molecule has 0 aliphatic heterocycles. The molecule has 0 radical (unpaired) electrons. The Morgan fingerprint density at radius 2 is 1.29 bits per heavy atom. The molecule has 1 aliphatic rings. The molecule has 172 valence electrons. The lowest BCUT2D eigenvalue weighted by atomic mass is 9.94. The summed E-state index contributed by atoms with van der Waals surface area (Å²) in [6.07, 6.45) is 4.34. The Hall–Kier alpha value is -3.23. The van der Waals surface area contributed by atoms with Crippen molar-refractivity contribution >= 4 is 24.2 Å². The van der Waals surface area contributed by atoms with E-state index in [1.165, 1.54) is 17.0 Å². The standard InChI is InChI=1S/C29H28NO3P/c31-27-26(29(28(27)32)33-20-21-12-4-1-5-13-21)30-24-18-10-11-19-25(24)34(22-14-6-2-7-15-22)23-16-8-3-9-17-23/h1-9,12-17,24-25,30H,10-11,18-20H2/t24-,25-/m1/s1. The fourth-order valence-corrected chi connectivity index (χ4v) is 7.93. The zero-order valence-electron chi connectivity index (χ0n) is 19.0. The predicted octanol–water partition coefficient (Wildman–Crippen LogP) is 4.72. The highest BCUT2D eigenvalue weighted by Gasteiger charge is 2.36. The maximum Gasteiger partial charge on any atom is 0.272 e. The van der Waals surface area contributed by atoms with Crippen molar-refractivity contribution in [3.05, 3.63) is 117 Å². The van der Waals surface area contributed by atoms with Crippen LogP contribution >= 0.6 is 7.92 Å². The molecule has 2 atom stereocenters. The molecular formula is C29H28NO3P. The van der Waals surface area contributed by atoms with Crippen molar-refractivity contribution in [2.45, 2.75) is 44.0 Å². The molecule has 0 aromatic heterocycles. The van der Waals surface area contributed by atoms with E-state index >= 15 is 0 Å². The molecule has 0 spiro atoms. The van der Waals surface area contributed by atoms with E-state index < -0.39 is 18.8 Å². The molecule has 5 heteroatoms. The molecule has 0 unspecified atom stereocenters. The van der Waals surface area contributed by atoms with Gasteiger partial charge in [-0.1, -0.05) is 104 Å². The van der Waals surface area contributed by atoms with Gasteiger partial charge in [0.15, 0.2) is 5.75 Å². The average Bonchev–Trinajstić information content (AvgIpc) is 2.90. The summed E-state index contributed by atoms with van der Waals surface area (Å²) in [6.45, 7) is 0.273. The highest BCUT2D eigenvalue weighted by molar-refractivity contribution is 7.73. The third-order valence-electron chi connectivity index (χ3n) is 6.55. The molecular weight excluding hydrogens is 441 g/mol. The van der Waals surface area contributed by atoms with Crippen LogP contribution in [0.25, 0.3) is 0 Å².